The van der Waals surface area contributed by atoms with Gasteiger partial charge in [0.1, 0.15) is 0 Å². The van der Waals surface area contributed by atoms with Crippen LogP contribution in [0.3, 0.4) is 0 Å². The van der Waals surface area contributed by atoms with Crippen molar-refractivity contribution in [2.24, 2.45) is 0 Å². The van der Waals surface area contributed by atoms with Crippen molar-refractivity contribution in [2.45, 2.75) is 90.9 Å². The van der Waals surface area contributed by atoms with Crippen LogP contribution in [-0.2, 0) is 4.43 Å². The standard InChI is InChI=1S/C16H37NOSi/c1-15(2,3)17-13-11-9-10-12-14-18-19(7,8)16(4,5)6/h17H,9-14H2,1-8H3. The average molecular weight is 288 g/mol. The molecule has 0 atom stereocenters. The van der Waals surface area contributed by atoms with Gasteiger partial charge in [-0.3, -0.25) is 0 Å². The van der Waals surface area contributed by atoms with Crippen LogP contribution in [0.4, 0.5) is 0 Å². The summed E-state index contributed by atoms with van der Waals surface area (Å²) >= 11 is 0. The summed E-state index contributed by atoms with van der Waals surface area (Å²) in [5, 5.41) is 3.87. The first-order valence-corrected chi connectivity index (χ1v) is 10.8. The lowest BCUT2D eigenvalue weighted by Crippen LogP contribution is -2.40. The molecule has 0 aromatic carbocycles. The molecular weight excluding hydrogens is 250 g/mol. The molecule has 0 bridgehead atoms. The van der Waals surface area contributed by atoms with Crippen LogP contribution in [0.25, 0.3) is 0 Å². The van der Waals surface area contributed by atoms with Crippen LogP contribution in [0.15, 0.2) is 0 Å². The average Bonchev–Trinajstić information content (AvgIpc) is 2.18. The van der Waals surface area contributed by atoms with Crippen LogP contribution in [0.5, 0.6) is 0 Å². The van der Waals surface area contributed by atoms with Crippen molar-refractivity contribution < 1.29 is 4.43 Å². The molecule has 0 heterocycles. The largest absolute Gasteiger partial charge is 0.417 e. The van der Waals surface area contributed by atoms with Gasteiger partial charge in [0.15, 0.2) is 8.32 Å². The molecule has 0 unspecified atom stereocenters. The Labute approximate surface area is 122 Å². The lowest BCUT2D eigenvalue weighted by atomic mass is 10.1. The number of hydrogen-bond donors (Lipinski definition) is 1. The maximum atomic E-state index is 6.18. The molecule has 0 aliphatic rings. The molecule has 0 aromatic rings. The smallest absolute Gasteiger partial charge is 0.191 e. The maximum absolute atomic E-state index is 6.18. The first-order chi connectivity index (χ1) is 8.46. The second kappa shape index (κ2) is 7.80. The summed E-state index contributed by atoms with van der Waals surface area (Å²) in [7, 11) is -1.52. The highest BCUT2D eigenvalue weighted by Gasteiger charge is 2.36. The van der Waals surface area contributed by atoms with Crippen molar-refractivity contribution in [3.63, 3.8) is 0 Å². The first-order valence-electron chi connectivity index (χ1n) is 7.85. The van der Waals surface area contributed by atoms with E-state index in [4.69, 9.17) is 4.43 Å². The first kappa shape index (κ1) is 19.1. The third kappa shape index (κ3) is 9.64. The van der Waals surface area contributed by atoms with E-state index in [2.05, 4.69) is 60.0 Å². The van der Waals surface area contributed by atoms with Crippen LogP contribution >= 0.6 is 0 Å². The van der Waals surface area contributed by atoms with Crippen molar-refractivity contribution in [1.29, 1.82) is 0 Å². The van der Waals surface area contributed by atoms with Crippen molar-refractivity contribution in [3.8, 4) is 0 Å². The van der Waals surface area contributed by atoms with E-state index >= 15 is 0 Å². The molecular formula is C16H37NOSi. The minimum Gasteiger partial charge on any atom is -0.417 e. The van der Waals surface area contributed by atoms with Crippen molar-refractivity contribution in [1.82, 2.24) is 5.32 Å². The zero-order chi connectivity index (χ0) is 15.2. The molecule has 0 spiro atoms. The zero-order valence-corrected chi connectivity index (χ0v) is 15.7. The highest BCUT2D eigenvalue weighted by atomic mass is 28.4. The molecule has 3 heteroatoms. The summed E-state index contributed by atoms with van der Waals surface area (Å²) < 4.78 is 6.18. The minimum absolute atomic E-state index is 0.255. The Kier molecular flexibility index (Phi) is 7.85. The van der Waals surface area contributed by atoms with E-state index in [1.165, 1.54) is 25.7 Å². The van der Waals surface area contributed by atoms with Crippen LogP contribution in [0.1, 0.15) is 67.2 Å². The summed E-state index contributed by atoms with van der Waals surface area (Å²) in [6.07, 6.45) is 5.09. The Morgan fingerprint density at radius 3 is 1.84 bits per heavy atom. The Balaban J connectivity index is 3.52. The van der Waals surface area contributed by atoms with Gasteiger partial charge in [0.25, 0.3) is 0 Å². The number of hydrogen-bond acceptors (Lipinski definition) is 2. The molecule has 0 saturated heterocycles. The molecule has 0 aromatic heterocycles. The second-order valence-electron chi connectivity index (χ2n) is 8.20. The Bertz CT molecular complexity index is 238. The zero-order valence-electron chi connectivity index (χ0n) is 14.7. The van der Waals surface area contributed by atoms with Gasteiger partial charge in [-0.25, -0.2) is 0 Å². The summed E-state index contributed by atoms with van der Waals surface area (Å²) in [6.45, 7) is 20.3. The highest BCUT2D eigenvalue weighted by molar-refractivity contribution is 6.74. The third-order valence-corrected chi connectivity index (χ3v) is 8.53. The summed E-state index contributed by atoms with van der Waals surface area (Å²) in [5.41, 5.74) is 0.255. The van der Waals surface area contributed by atoms with E-state index in [0.29, 0.717) is 5.04 Å². The maximum Gasteiger partial charge on any atom is 0.191 e. The van der Waals surface area contributed by atoms with Crippen LogP contribution in [0, 0.1) is 0 Å². The van der Waals surface area contributed by atoms with Crippen molar-refractivity contribution in [3.05, 3.63) is 0 Å². The van der Waals surface area contributed by atoms with E-state index in [1.807, 2.05) is 0 Å². The van der Waals surface area contributed by atoms with E-state index in [-0.39, 0.29) is 5.54 Å². The van der Waals surface area contributed by atoms with Crippen LogP contribution in [-0.4, -0.2) is 27.0 Å². The number of nitrogens with one attached hydrogen (secondary N) is 1. The summed E-state index contributed by atoms with van der Waals surface area (Å²) in [4.78, 5) is 0. The highest BCUT2D eigenvalue weighted by Crippen LogP contribution is 2.36. The van der Waals surface area contributed by atoms with Gasteiger partial charge >= 0.3 is 0 Å². The molecule has 116 valence electrons. The lowest BCUT2D eigenvalue weighted by Gasteiger charge is -2.36. The summed E-state index contributed by atoms with van der Waals surface area (Å²) in [5.74, 6) is 0. The van der Waals surface area contributed by atoms with E-state index in [0.717, 1.165) is 13.2 Å². The van der Waals surface area contributed by atoms with Gasteiger partial charge in [-0.2, -0.15) is 0 Å². The minimum atomic E-state index is -1.52. The predicted molar refractivity (Wildman–Crippen MR) is 89.4 cm³/mol. The third-order valence-electron chi connectivity index (χ3n) is 4.00. The fourth-order valence-corrected chi connectivity index (χ4v) is 2.68. The van der Waals surface area contributed by atoms with E-state index < -0.39 is 8.32 Å². The number of rotatable bonds is 8. The molecule has 0 saturated carbocycles. The Morgan fingerprint density at radius 1 is 0.842 bits per heavy atom. The molecule has 0 fully saturated rings. The van der Waals surface area contributed by atoms with Crippen molar-refractivity contribution in [2.75, 3.05) is 13.2 Å². The quantitative estimate of drug-likeness (QED) is 0.503. The fraction of sp³-hybridized carbons (Fsp3) is 1.00. The summed E-state index contributed by atoms with van der Waals surface area (Å²) in [6, 6.07) is 0. The monoisotopic (exact) mass is 287 g/mol. The van der Waals surface area contributed by atoms with Crippen LogP contribution < -0.4 is 5.32 Å². The van der Waals surface area contributed by atoms with Gasteiger partial charge in [0.05, 0.1) is 0 Å². The molecule has 0 aliphatic carbocycles. The topological polar surface area (TPSA) is 21.3 Å². The lowest BCUT2D eigenvalue weighted by molar-refractivity contribution is 0.277. The molecule has 0 amide bonds. The molecule has 2 nitrogen and oxygen atoms in total. The van der Waals surface area contributed by atoms with Gasteiger partial charge in [-0.05, 0) is 58.3 Å². The SMILES string of the molecule is CC(C)(C)NCCCCCCO[Si](C)(C)C(C)(C)C. The van der Waals surface area contributed by atoms with Crippen molar-refractivity contribution >= 4 is 8.32 Å². The van der Waals surface area contributed by atoms with Crippen LogP contribution in [0.2, 0.25) is 18.1 Å². The molecule has 0 radical (unpaired) electrons. The fourth-order valence-electron chi connectivity index (χ4n) is 1.59. The molecule has 0 rings (SSSR count). The van der Waals surface area contributed by atoms with Gasteiger partial charge in [0.2, 0.25) is 0 Å². The Hall–Kier alpha value is 0.137. The number of unbranched alkanes of at least 4 members (excludes halogenated alkanes) is 3. The predicted octanol–water partition coefficient (Wildman–Crippen LogP) is 4.96. The van der Waals surface area contributed by atoms with Gasteiger partial charge in [0, 0.05) is 12.1 Å². The van der Waals surface area contributed by atoms with Gasteiger partial charge in [-0.1, -0.05) is 33.6 Å². The molecule has 0 aliphatic heterocycles. The molecule has 19 heavy (non-hydrogen) atoms. The normalized spacial score (nSPS) is 13.9. The van der Waals surface area contributed by atoms with E-state index in [9.17, 15) is 0 Å². The van der Waals surface area contributed by atoms with E-state index in [1.54, 1.807) is 0 Å². The Morgan fingerprint density at radius 2 is 1.37 bits per heavy atom. The van der Waals surface area contributed by atoms with Gasteiger partial charge < -0.3 is 9.74 Å². The molecule has 1 N–H and O–H groups in total. The second-order valence-corrected chi connectivity index (χ2v) is 13.0. The van der Waals surface area contributed by atoms with Gasteiger partial charge in [-0.15, -0.1) is 0 Å².